The number of methoxy groups -OCH3 is 1. The van der Waals surface area contributed by atoms with Gasteiger partial charge in [0.2, 0.25) is 0 Å². The fraction of sp³-hybridized carbons (Fsp3) is 0.500. The molecule has 2 bridgehead atoms. The second-order valence-electron chi connectivity index (χ2n) is 11.0. The Morgan fingerprint density at radius 3 is 2.67 bits per heavy atom. The molecule has 4 atom stereocenters. The van der Waals surface area contributed by atoms with Gasteiger partial charge in [-0.15, -0.1) is 10.2 Å². The summed E-state index contributed by atoms with van der Waals surface area (Å²) in [6.07, 6.45) is 5.49. The predicted octanol–water partition coefficient (Wildman–Crippen LogP) is 4.63. The number of hydrogen-bond donors (Lipinski definition) is 0. The summed E-state index contributed by atoms with van der Waals surface area (Å²) < 4.78 is 34.2. The number of carbonyl (C=O) groups excluding carboxylic acids is 1. The molecule has 208 valence electrons. The molecular formula is C28H35FN6O4. The number of piperidine rings is 1. The van der Waals surface area contributed by atoms with Crippen LogP contribution in [0, 0.1) is 0 Å². The molecule has 1 aromatic carbocycles. The Hall–Kier alpha value is -3.73. The Morgan fingerprint density at radius 2 is 2.00 bits per heavy atom. The monoisotopic (exact) mass is 538 g/mol. The van der Waals surface area contributed by atoms with Gasteiger partial charge < -0.3 is 23.7 Å². The Morgan fingerprint density at radius 1 is 1.18 bits per heavy atom. The van der Waals surface area contributed by atoms with E-state index in [4.69, 9.17) is 14.2 Å². The van der Waals surface area contributed by atoms with Gasteiger partial charge in [-0.2, -0.15) is 0 Å². The third kappa shape index (κ3) is 5.54. The van der Waals surface area contributed by atoms with Crippen molar-refractivity contribution in [1.29, 1.82) is 0 Å². The molecule has 1 amide bonds. The van der Waals surface area contributed by atoms with Gasteiger partial charge in [0.1, 0.15) is 17.5 Å². The van der Waals surface area contributed by atoms with Crippen LogP contribution in [0.1, 0.15) is 40.0 Å². The lowest BCUT2D eigenvalue weighted by atomic mass is 9.94. The van der Waals surface area contributed by atoms with Gasteiger partial charge in [-0.1, -0.05) is 0 Å². The molecular weight excluding hydrogens is 503 g/mol. The van der Waals surface area contributed by atoms with E-state index < -0.39 is 29.9 Å². The molecule has 3 aromatic rings. The number of halogens is 1. The van der Waals surface area contributed by atoms with E-state index in [0.29, 0.717) is 30.1 Å². The number of ether oxygens (including phenoxy) is 3. The number of carbonyl (C=O) groups is 1. The molecule has 0 unspecified atom stereocenters. The maximum absolute atomic E-state index is 15.8. The lowest BCUT2D eigenvalue weighted by Gasteiger charge is -2.44. The minimum Gasteiger partial charge on any atom is -0.467 e. The van der Waals surface area contributed by atoms with E-state index in [0.717, 1.165) is 17.7 Å². The van der Waals surface area contributed by atoms with Crippen molar-refractivity contribution in [2.45, 2.75) is 69.9 Å². The number of nitrogens with zero attached hydrogens (tertiary/aromatic N) is 6. The van der Waals surface area contributed by atoms with Crippen molar-refractivity contribution in [1.82, 2.24) is 24.6 Å². The van der Waals surface area contributed by atoms with Gasteiger partial charge in [-0.05, 0) is 64.3 Å². The second kappa shape index (κ2) is 10.8. The number of benzene rings is 1. The zero-order chi connectivity index (χ0) is 27.7. The van der Waals surface area contributed by atoms with Crippen LogP contribution in [0.3, 0.4) is 0 Å². The van der Waals surface area contributed by atoms with Crippen molar-refractivity contribution in [2.24, 2.45) is 0 Å². The maximum Gasteiger partial charge on any atom is 0.410 e. The number of alkyl halides is 1. The van der Waals surface area contributed by atoms with E-state index in [2.05, 4.69) is 15.2 Å². The maximum atomic E-state index is 15.8. The third-order valence-electron chi connectivity index (χ3n) is 7.28. The van der Waals surface area contributed by atoms with Crippen LogP contribution in [0.5, 0.6) is 5.75 Å². The minimum absolute atomic E-state index is 0.0639. The highest BCUT2D eigenvalue weighted by molar-refractivity contribution is 5.71. The topological polar surface area (TPSA) is 94.8 Å². The normalized spacial score (nSPS) is 22.6. The van der Waals surface area contributed by atoms with Crippen LogP contribution in [0.25, 0.3) is 16.9 Å². The summed E-state index contributed by atoms with van der Waals surface area (Å²) in [4.78, 5) is 20.3. The number of fused-ring (bicyclic) bond motifs is 2. The van der Waals surface area contributed by atoms with Gasteiger partial charge in [-0.25, -0.2) is 14.2 Å². The van der Waals surface area contributed by atoms with E-state index in [9.17, 15) is 4.79 Å². The van der Waals surface area contributed by atoms with Crippen molar-refractivity contribution in [3.63, 3.8) is 0 Å². The fourth-order valence-electron chi connectivity index (χ4n) is 5.46. The van der Waals surface area contributed by atoms with E-state index in [1.807, 2.05) is 73.8 Å². The van der Waals surface area contributed by atoms with Crippen molar-refractivity contribution in [2.75, 3.05) is 25.9 Å². The number of aromatic nitrogens is 4. The van der Waals surface area contributed by atoms with Crippen molar-refractivity contribution in [3.8, 4) is 22.7 Å². The molecule has 0 aliphatic carbocycles. The molecule has 0 N–H and O–H groups in total. The average Bonchev–Trinajstić information content (AvgIpc) is 3.56. The molecule has 2 saturated heterocycles. The summed E-state index contributed by atoms with van der Waals surface area (Å²) in [7, 11) is 3.39. The summed E-state index contributed by atoms with van der Waals surface area (Å²) in [6, 6.07) is 8.44. The van der Waals surface area contributed by atoms with E-state index >= 15 is 4.39 Å². The Balaban J connectivity index is 1.33. The molecule has 2 aromatic heterocycles. The largest absolute Gasteiger partial charge is 0.467 e. The summed E-state index contributed by atoms with van der Waals surface area (Å²) in [5.74, 6) is 1.15. The fourth-order valence-corrected chi connectivity index (χ4v) is 5.46. The Bertz CT molecular complexity index is 1280. The molecule has 2 fully saturated rings. The lowest BCUT2D eigenvalue weighted by molar-refractivity contribution is -0.0104. The van der Waals surface area contributed by atoms with E-state index in [-0.39, 0.29) is 12.8 Å². The molecule has 2 aliphatic heterocycles. The molecule has 0 spiro atoms. The van der Waals surface area contributed by atoms with Gasteiger partial charge in [0, 0.05) is 44.2 Å². The number of imidazole rings is 1. The van der Waals surface area contributed by atoms with Gasteiger partial charge in [0.05, 0.1) is 29.8 Å². The number of amides is 1. The third-order valence-corrected chi connectivity index (χ3v) is 7.28. The second-order valence-corrected chi connectivity index (χ2v) is 11.0. The van der Waals surface area contributed by atoms with Gasteiger partial charge in [0.25, 0.3) is 0 Å². The van der Waals surface area contributed by atoms with Crippen LogP contribution >= 0.6 is 0 Å². The van der Waals surface area contributed by atoms with Gasteiger partial charge >= 0.3 is 6.09 Å². The highest BCUT2D eigenvalue weighted by atomic mass is 19.1. The highest BCUT2D eigenvalue weighted by Crippen LogP contribution is 2.41. The molecule has 5 rings (SSSR count). The molecule has 2 aliphatic rings. The number of hydrogen-bond acceptors (Lipinski definition) is 8. The van der Waals surface area contributed by atoms with Crippen LogP contribution in [0.4, 0.5) is 15.0 Å². The smallest absolute Gasteiger partial charge is 0.410 e. The number of rotatable bonds is 7. The summed E-state index contributed by atoms with van der Waals surface area (Å²) >= 11 is 0. The first-order chi connectivity index (χ1) is 18.7. The highest BCUT2D eigenvalue weighted by Gasteiger charge is 2.52. The standard InChI is InChI=1S/C28H35FN6O4/c1-28(2,3)39-27(36)35-19-7-10-22(35)26(29)23(14-19)33(4)25-11-9-21(31-32-25)20-8-6-18(34-13-12-30-16-34)15-24(20)38-17-37-5/h6,8-9,11-13,15-16,19,22-23,26H,7,10,14,17H2,1-5H3/t19-,22-,23-,26-/m1/s1. The first-order valence-corrected chi connectivity index (χ1v) is 13.1. The molecule has 0 radical (unpaired) electrons. The van der Waals surface area contributed by atoms with E-state index in [1.54, 1.807) is 24.5 Å². The molecule has 10 nitrogen and oxygen atoms in total. The molecule has 11 heteroatoms. The van der Waals surface area contributed by atoms with Crippen LogP contribution in [-0.2, 0) is 9.47 Å². The minimum atomic E-state index is -1.23. The van der Waals surface area contributed by atoms with Crippen molar-refractivity contribution >= 4 is 11.9 Å². The zero-order valence-corrected chi connectivity index (χ0v) is 23.0. The van der Waals surface area contributed by atoms with Crippen LogP contribution in [0.2, 0.25) is 0 Å². The summed E-state index contributed by atoms with van der Waals surface area (Å²) in [6.45, 7) is 5.55. The van der Waals surface area contributed by atoms with Crippen LogP contribution in [0.15, 0.2) is 49.1 Å². The first-order valence-electron chi connectivity index (χ1n) is 13.1. The number of anilines is 1. The lowest BCUT2D eigenvalue weighted by Crippen LogP contribution is -2.59. The predicted molar refractivity (Wildman–Crippen MR) is 144 cm³/mol. The molecule has 39 heavy (non-hydrogen) atoms. The van der Waals surface area contributed by atoms with Crippen LogP contribution in [-0.4, -0.2) is 81.6 Å². The van der Waals surface area contributed by atoms with Gasteiger partial charge in [0.15, 0.2) is 12.6 Å². The SMILES string of the molecule is COCOc1cc(-n2ccnc2)ccc1-c1ccc(N(C)[C@@H]2C[C@H]3CC[C@H]([C@H]2F)N3C(=O)OC(C)(C)C)nn1. The summed E-state index contributed by atoms with van der Waals surface area (Å²) in [5.41, 5.74) is 1.63. The molecule has 0 saturated carbocycles. The van der Waals surface area contributed by atoms with Crippen molar-refractivity contribution in [3.05, 3.63) is 49.1 Å². The van der Waals surface area contributed by atoms with E-state index in [1.165, 1.54) is 0 Å². The Kier molecular flexibility index (Phi) is 7.44. The van der Waals surface area contributed by atoms with Crippen molar-refractivity contribution < 1.29 is 23.4 Å². The molecule has 4 heterocycles. The Labute approximate surface area is 227 Å². The first kappa shape index (κ1) is 26.9. The zero-order valence-electron chi connectivity index (χ0n) is 23.0. The quantitative estimate of drug-likeness (QED) is 0.402. The van der Waals surface area contributed by atoms with Gasteiger partial charge in [-0.3, -0.25) is 4.90 Å². The average molecular weight is 539 g/mol. The van der Waals surface area contributed by atoms with Crippen LogP contribution < -0.4 is 9.64 Å². The summed E-state index contributed by atoms with van der Waals surface area (Å²) in [5, 5.41) is 8.88.